The second-order valence-electron chi connectivity index (χ2n) is 11.5. The van der Waals surface area contributed by atoms with Crippen LogP contribution in [0.15, 0.2) is 70.6 Å². The number of nitrogens with zero attached hydrogens (tertiary/aromatic N) is 4. The summed E-state index contributed by atoms with van der Waals surface area (Å²) < 4.78 is 35.2. The average Bonchev–Trinajstić information content (AvgIpc) is 3.95. The van der Waals surface area contributed by atoms with E-state index >= 15 is 0 Å². The molecular weight excluding hydrogens is 578 g/mol. The highest BCUT2D eigenvalue weighted by Crippen LogP contribution is 2.39. The van der Waals surface area contributed by atoms with Gasteiger partial charge in [0.15, 0.2) is 5.75 Å². The maximum absolute atomic E-state index is 14.2. The second-order valence-corrected chi connectivity index (χ2v) is 13.1. The van der Waals surface area contributed by atoms with Gasteiger partial charge in [0.1, 0.15) is 5.82 Å². The van der Waals surface area contributed by atoms with Crippen LogP contribution in [-0.4, -0.2) is 41.0 Å². The van der Waals surface area contributed by atoms with Crippen molar-refractivity contribution in [2.75, 3.05) is 7.11 Å². The molecule has 0 spiro atoms. The molecule has 2 heterocycles. The van der Waals surface area contributed by atoms with Crippen LogP contribution in [0.25, 0.3) is 17.1 Å². The molecule has 2 aliphatic carbocycles. The Morgan fingerprint density at radius 1 is 1.02 bits per heavy atom. The normalized spacial score (nSPS) is 14.8. The molecule has 0 bridgehead atoms. The number of nitrogens with one attached hydrogen (secondary N) is 1. The molecule has 2 aliphatic rings. The lowest BCUT2D eigenvalue weighted by Crippen LogP contribution is -2.32. The zero-order valence-electron chi connectivity index (χ0n) is 24.8. The number of amides is 1. The Balaban J connectivity index is 1.34. The largest absolute Gasteiger partial charge is 0.494 e. The summed E-state index contributed by atoms with van der Waals surface area (Å²) in [6.07, 6.45) is 9.38. The van der Waals surface area contributed by atoms with Crippen LogP contribution in [0.5, 0.6) is 5.75 Å². The molecule has 2 aromatic carbocycles. The summed E-state index contributed by atoms with van der Waals surface area (Å²) in [5, 5.41) is 0. The average molecular weight is 614 g/mol. The predicted octanol–water partition coefficient (Wildman–Crippen LogP) is 4.72. The minimum absolute atomic E-state index is 0.0471. The number of methoxy groups -OCH3 is 1. The van der Waals surface area contributed by atoms with Gasteiger partial charge in [0.2, 0.25) is 11.9 Å². The summed E-state index contributed by atoms with van der Waals surface area (Å²) in [5.74, 6) is 0.996. The highest BCUT2D eigenvalue weighted by atomic mass is 32.2. The van der Waals surface area contributed by atoms with E-state index in [9.17, 15) is 18.0 Å². The summed E-state index contributed by atoms with van der Waals surface area (Å²) in [6, 6.07) is 14.1. The standard InChI is InChI=1S/C33H35N5O5S/c1-3-4-8-28-27(32(40)38(30(36-28)23-14-15-23)33-34-19-25(43-2)20-35-33)18-21-10-12-22(13-11-21)26-7-5-6-9-29(26)44(41,42)37-31(39)24-16-17-24/h5-7,9-13,19-20,23-24H,3-4,8,14-18H2,1-2H3,(H,37,39). The van der Waals surface area contributed by atoms with Crippen LogP contribution in [0.3, 0.4) is 0 Å². The molecule has 1 N–H and O–H groups in total. The summed E-state index contributed by atoms with van der Waals surface area (Å²) in [5.41, 5.74) is 3.29. The molecule has 2 aromatic heterocycles. The number of ether oxygens (including phenoxy) is 1. The van der Waals surface area contributed by atoms with E-state index in [0.717, 1.165) is 36.9 Å². The molecule has 11 heteroatoms. The third-order valence-electron chi connectivity index (χ3n) is 8.05. The minimum atomic E-state index is -4.04. The van der Waals surface area contributed by atoms with E-state index in [4.69, 9.17) is 9.72 Å². The van der Waals surface area contributed by atoms with E-state index in [2.05, 4.69) is 21.6 Å². The first-order valence-electron chi connectivity index (χ1n) is 15.0. The summed E-state index contributed by atoms with van der Waals surface area (Å²) in [4.78, 5) is 40.3. The number of carbonyl (C=O) groups is 1. The van der Waals surface area contributed by atoms with Crippen molar-refractivity contribution in [2.45, 2.75) is 69.1 Å². The van der Waals surface area contributed by atoms with Gasteiger partial charge in [0.05, 0.1) is 30.1 Å². The smallest absolute Gasteiger partial charge is 0.264 e. The van der Waals surface area contributed by atoms with Crippen LogP contribution < -0.4 is 15.0 Å². The monoisotopic (exact) mass is 613 g/mol. The maximum Gasteiger partial charge on any atom is 0.264 e. The number of aryl methyl sites for hydroxylation is 1. The lowest BCUT2D eigenvalue weighted by molar-refractivity contribution is -0.120. The van der Waals surface area contributed by atoms with Crippen molar-refractivity contribution in [3.05, 3.63) is 93.9 Å². The Bertz CT molecular complexity index is 1850. The van der Waals surface area contributed by atoms with Gasteiger partial charge in [0, 0.05) is 29.4 Å². The van der Waals surface area contributed by atoms with Gasteiger partial charge in [-0.15, -0.1) is 0 Å². The van der Waals surface area contributed by atoms with E-state index in [-0.39, 0.29) is 28.2 Å². The molecule has 0 radical (unpaired) electrons. The molecule has 10 nitrogen and oxygen atoms in total. The summed E-state index contributed by atoms with van der Waals surface area (Å²) in [7, 11) is -2.50. The third kappa shape index (κ3) is 6.28. The van der Waals surface area contributed by atoms with Crippen LogP contribution in [-0.2, 0) is 27.7 Å². The number of unbranched alkanes of at least 4 members (excludes halogenated alkanes) is 1. The van der Waals surface area contributed by atoms with Crippen molar-refractivity contribution < 1.29 is 17.9 Å². The highest BCUT2D eigenvalue weighted by molar-refractivity contribution is 7.90. The molecule has 6 rings (SSSR count). The first-order chi connectivity index (χ1) is 21.3. The third-order valence-corrected chi connectivity index (χ3v) is 9.46. The maximum atomic E-state index is 14.2. The molecule has 0 unspecified atom stereocenters. The van der Waals surface area contributed by atoms with Crippen LogP contribution in [0.2, 0.25) is 0 Å². The van der Waals surface area contributed by atoms with E-state index in [1.54, 1.807) is 35.2 Å². The van der Waals surface area contributed by atoms with Gasteiger partial charge in [-0.3, -0.25) is 9.59 Å². The summed E-state index contributed by atoms with van der Waals surface area (Å²) in [6.45, 7) is 2.11. The van der Waals surface area contributed by atoms with Gasteiger partial charge in [-0.05, 0) is 55.7 Å². The highest BCUT2D eigenvalue weighted by Gasteiger charge is 2.34. The van der Waals surface area contributed by atoms with Gasteiger partial charge in [0.25, 0.3) is 15.6 Å². The van der Waals surface area contributed by atoms with Crippen molar-refractivity contribution >= 4 is 15.9 Å². The molecule has 0 saturated heterocycles. The summed E-state index contributed by atoms with van der Waals surface area (Å²) >= 11 is 0. The van der Waals surface area contributed by atoms with Crippen LogP contribution in [0.4, 0.5) is 0 Å². The van der Waals surface area contributed by atoms with E-state index in [0.29, 0.717) is 53.9 Å². The number of rotatable bonds is 12. The fourth-order valence-corrected chi connectivity index (χ4v) is 6.52. The van der Waals surface area contributed by atoms with Gasteiger partial charge in [-0.2, -0.15) is 0 Å². The topological polar surface area (TPSA) is 133 Å². The lowest BCUT2D eigenvalue weighted by Gasteiger charge is -2.16. The first kappa shape index (κ1) is 29.7. The molecule has 228 valence electrons. The minimum Gasteiger partial charge on any atom is -0.494 e. The molecule has 0 aliphatic heterocycles. The van der Waals surface area contributed by atoms with Crippen LogP contribution >= 0.6 is 0 Å². The van der Waals surface area contributed by atoms with Crippen molar-refractivity contribution in [3.63, 3.8) is 0 Å². The van der Waals surface area contributed by atoms with E-state index in [1.807, 2.05) is 24.3 Å². The Hall–Kier alpha value is -4.38. The molecule has 1 amide bonds. The zero-order valence-corrected chi connectivity index (χ0v) is 25.6. The van der Waals surface area contributed by atoms with Crippen LogP contribution in [0, 0.1) is 5.92 Å². The quantitative estimate of drug-likeness (QED) is 0.243. The van der Waals surface area contributed by atoms with Gasteiger partial charge in [-0.25, -0.2) is 32.7 Å². The first-order valence-corrected chi connectivity index (χ1v) is 16.5. The van der Waals surface area contributed by atoms with Gasteiger partial charge < -0.3 is 4.74 Å². The van der Waals surface area contributed by atoms with Crippen molar-refractivity contribution in [1.29, 1.82) is 0 Å². The lowest BCUT2D eigenvalue weighted by atomic mass is 9.98. The number of hydrogen-bond acceptors (Lipinski definition) is 8. The van der Waals surface area contributed by atoms with Crippen molar-refractivity contribution in [1.82, 2.24) is 24.2 Å². The van der Waals surface area contributed by atoms with Crippen LogP contribution in [0.1, 0.15) is 74.0 Å². The fraction of sp³-hybridized carbons (Fsp3) is 0.364. The van der Waals surface area contributed by atoms with E-state index < -0.39 is 15.9 Å². The Morgan fingerprint density at radius 2 is 1.73 bits per heavy atom. The Labute approximate surface area is 256 Å². The Kier molecular flexibility index (Phi) is 8.31. The van der Waals surface area contributed by atoms with E-state index in [1.165, 1.54) is 13.2 Å². The number of benzene rings is 2. The molecule has 0 atom stereocenters. The predicted molar refractivity (Wildman–Crippen MR) is 165 cm³/mol. The number of sulfonamides is 1. The molecule has 2 fully saturated rings. The second kappa shape index (κ2) is 12.3. The molecular formula is C33H35N5O5S. The van der Waals surface area contributed by atoms with Gasteiger partial charge >= 0.3 is 0 Å². The number of carbonyl (C=O) groups excluding carboxylic acids is 1. The molecule has 2 saturated carbocycles. The molecule has 4 aromatic rings. The van der Waals surface area contributed by atoms with Gasteiger partial charge in [-0.1, -0.05) is 55.8 Å². The fourth-order valence-electron chi connectivity index (χ4n) is 5.25. The van der Waals surface area contributed by atoms with Crippen molar-refractivity contribution in [3.8, 4) is 22.8 Å². The van der Waals surface area contributed by atoms with Crippen molar-refractivity contribution in [2.24, 2.45) is 5.92 Å². The number of hydrogen-bond donors (Lipinski definition) is 1. The Morgan fingerprint density at radius 3 is 2.36 bits per heavy atom. The SMILES string of the molecule is CCCCc1nc(C2CC2)n(-c2ncc(OC)cn2)c(=O)c1Cc1ccc(-c2ccccc2S(=O)(=O)NC(=O)C2CC2)cc1. The zero-order chi connectivity index (χ0) is 30.8. The molecule has 44 heavy (non-hydrogen) atoms. The number of aromatic nitrogens is 4.